The summed E-state index contributed by atoms with van der Waals surface area (Å²) in [6.07, 6.45) is 1.77. The van der Waals surface area contributed by atoms with E-state index < -0.39 is 0 Å². The van der Waals surface area contributed by atoms with Crippen LogP contribution < -0.4 is 19.7 Å². The molecule has 2 aromatic heterocycles. The molecular formula is C25H17Cl2N3O3S. The molecule has 0 unspecified atom stereocenters. The molecule has 4 heterocycles. The molecule has 2 aliphatic rings. The van der Waals surface area contributed by atoms with E-state index in [9.17, 15) is 0 Å². The van der Waals surface area contributed by atoms with Crippen LogP contribution in [0.25, 0.3) is 11.3 Å². The third kappa shape index (κ3) is 3.66. The van der Waals surface area contributed by atoms with E-state index in [0.29, 0.717) is 32.4 Å². The summed E-state index contributed by atoms with van der Waals surface area (Å²) in [5.74, 6) is 2.79. The number of rotatable bonds is 4. The first-order valence-corrected chi connectivity index (χ1v) is 11.7. The van der Waals surface area contributed by atoms with Gasteiger partial charge < -0.3 is 24.1 Å². The monoisotopic (exact) mass is 509 g/mol. The number of hydrogen-bond donors (Lipinski definition) is 1. The standard InChI is InChI=1S/C25H17Cl2N3O3S/c26-16-6-4-14(11-17(16)27)19-8-9-21(33-19)24-23(18-3-1-2-10-28-18)29-25(34)30(24)15-5-7-20-22(12-15)32-13-31-20/h1-12,23-24H,13H2,(H,29,34)/t23-,24-/m1/s1. The Morgan fingerprint density at radius 2 is 1.82 bits per heavy atom. The Labute approximate surface area is 211 Å². The Bertz CT molecular complexity index is 1400. The number of nitrogens with one attached hydrogen (secondary N) is 1. The average molecular weight is 510 g/mol. The van der Waals surface area contributed by atoms with Crippen LogP contribution >= 0.6 is 35.4 Å². The Kier molecular flexibility index (Phi) is 5.32. The lowest BCUT2D eigenvalue weighted by Gasteiger charge is -2.26. The zero-order valence-electron chi connectivity index (χ0n) is 17.6. The summed E-state index contributed by atoms with van der Waals surface area (Å²) in [5, 5.41) is 4.95. The van der Waals surface area contributed by atoms with Crippen molar-refractivity contribution in [2.45, 2.75) is 12.1 Å². The third-order valence-electron chi connectivity index (χ3n) is 5.85. The van der Waals surface area contributed by atoms with Gasteiger partial charge in [-0.25, -0.2) is 0 Å². The number of furan rings is 1. The molecule has 2 atom stereocenters. The maximum atomic E-state index is 6.37. The average Bonchev–Trinajstić information content (AvgIpc) is 3.59. The molecule has 6 nitrogen and oxygen atoms in total. The highest BCUT2D eigenvalue weighted by molar-refractivity contribution is 7.80. The van der Waals surface area contributed by atoms with Gasteiger partial charge >= 0.3 is 0 Å². The van der Waals surface area contributed by atoms with Gasteiger partial charge in [0.1, 0.15) is 17.6 Å². The molecule has 9 heteroatoms. The van der Waals surface area contributed by atoms with E-state index in [-0.39, 0.29) is 18.9 Å². The number of benzene rings is 2. The number of aromatic nitrogens is 1. The molecule has 4 aromatic rings. The van der Waals surface area contributed by atoms with Crippen LogP contribution in [-0.2, 0) is 0 Å². The van der Waals surface area contributed by atoms with Crippen LogP contribution in [0.2, 0.25) is 10.0 Å². The van der Waals surface area contributed by atoms with Crippen molar-refractivity contribution < 1.29 is 13.9 Å². The van der Waals surface area contributed by atoms with Gasteiger partial charge in [-0.2, -0.15) is 0 Å². The van der Waals surface area contributed by atoms with Crippen LogP contribution in [-0.4, -0.2) is 16.9 Å². The molecule has 170 valence electrons. The van der Waals surface area contributed by atoms with E-state index in [0.717, 1.165) is 22.7 Å². The highest BCUT2D eigenvalue weighted by Crippen LogP contribution is 2.45. The Hall–Kier alpha value is -3.26. The molecule has 2 aromatic carbocycles. The van der Waals surface area contributed by atoms with Gasteiger partial charge in [0.05, 0.1) is 21.8 Å². The Morgan fingerprint density at radius 1 is 0.941 bits per heavy atom. The van der Waals surface area contributed by atoms with Gasteiger partial charge in [-0.1, -0.05) is 29.3 Å². The smallest absolute Gasteiger partial charge is 0.231 e. The zero-order valence-corrected chi connectivity index (χ0v) is 19.9. The molecule has 0 aliphatic carbocycles. The van der Waals surface area contributed by atoms with Crippen molar-refractivity contribution in [3.8, 4) is 22.8 Å². The largest absolute Gasteiger partial charge is 0.459 e. The van der Waals surface area contributed by atoms with Gasteiger partial charge in [-0.05, 0) is 66.8 Å². The number of ether oxygens (including phenoxy) is 2. The number of nitrogens with zero attached hydrogens (tertiary/aromatic N) is 2. The second kappa shape index (κ2) is 8.51. The second-order valence-corrected chi connectivity index (χ2v) is 9.07. The van der Waals surface area contributed by atoms with Crippen molar-refractivity contribution >= 4 is 46.2 Å². The Morgan fingerprint density at radius 3 is 2.65 bits per heavy atom. The molecule has 1 saturated heterocycles. The summed E-state index contributed by atoms with van der Waals surface area (Å²) < 4.78 is 17.4. The molecule has 0 spiro atoms. The maximum absolute atomic E-state index is 6.37. The van der Waals surface area contributed by atoms with Gasteiger partial charge in [-0.15, -0.1) is 0 Å². The summed E-state index contributed by atoms with van der Waals surface area (Å²) in [7, 11) is 0. The summed E-state index contributed by atoms with van der Waals surface area (Å²) in [6.45, 7) is 0.201. The highest BCUT2D eigenvalue weighted by Gasteiger charge is 2.43. The summed E-state index contributed by atoms with van der Waals surface area (Å²) in [5.41, 5.74) is 2.54. The van der Waals surface area contributed by atoms with Crippen molar-refractivity contribution in [1.29, 1.82) is 0 Å². The third-order valence-corrected chi connectivity index (χ3v) is 6.91. The molecule has 1 N–H and O–H groups in total. The topological polar surface area (TPSA) is 59.8 Å². The molecule has 0 radical (unpaired) electrons. The first-order chi connectivity index (χ1) is 16.6. The fraction of sp³-hybridized carbons (Fsp3) is 0.120. The van der Waals surface area contributed by atoms with E-state index in [2.05, 4.69) is 10.3 Å². The minimum atomic E-state index is -0.292. The summed E-state index contributed by atoms with van der Waals surface area (Å²) >= 11 is 18.1. The lowest BCUT2D eigenvalue weighted by Crippen LogP contribution is -2.29. The lowest BCUT2D eigenvalue weighted by atomic mass is 10.0. The van der Waals surface area contributed by atoms with Crippen LogP contribution in [0, 0.1) is 0 Å². The van der Waals surface area contributed by atoms with E-state index in [4.69, 9.17) is 49.3 Å². The quantitative estimate of drug-likeness (QED) is 0.312. The molecular weight excluding hydrogens is 493 g/mol. The van der Waals surface area contributed by atoms with Crippen molar-refractivity contribution in [1.82, 2.24) is 10.3 Å². The normalized spacial score (nSPS) is 18.9. The fourth-order valence-electron chi connectivity index (χ4n) is 4.27. The van der Waals surface area contributed by atoms with Gasteiger partial charge in [0.25, 0.3) is 0 Å². The van der Waals surface area contributed by atoms with Crippen molar-refractivity contribution in [2.75, 3.05) is 11.7 Å². The van der Waals surface area contributed by atoms with Crippen molar-refractivity contribution in [3.63, 3.8) is 0 Å². The lowest BCUT2D eigenvalue weighted by molar-refractivity contribution is 0.174. The zero-order chi connectivity index (χ0) is 23.2. The predicted molar refractivity (Wildman–Crippen MR) is 135 cm³/mol. The van der Waals surface area contributed by atoms with Gasteiger partial charge in [0.15, 0.2) is 16.6 Å². The van der Waals surface area contributed by atoms with Crippen LogP contribution in [0.15, 0.2) is 77.3 Å². The summed E-state index contributed by atoms with van der Waals surface area (Å²) in [4.78, 5) is 6.60. The first kappa shape index (κ1) is 21.3. The number of pyridine rings is 1. The number of fused-ring (bicyclic) bond motifs is 1. The molecule has 0 saturated carbocycles. The SMILES string of the molecule is S=C1N[C@H](c2ccccn2)[C@@H](c2ccc(-c3ccc(Cl)c(Cl)c3)o2)N1c1ccc2c(c1)OCO2. The second-order valence-electron chi connectivity index (χ2n) is 7.87. The predicted octanol–water partition coefficient (Wildman–Crippen LogP) is 6.55. The number of hydrogen-bond acceptors (Lipinski definition) is 5. The van der Waals surface area contributed by atoms with Crippen molar-refractivity contribution in [2.24, 2.45) is 0 Å². The number of anilines is 1. The highest BCUT2D eigenvalue weighted by atomic mass is 35.5. The number of halogens is 2. The number of thiocarbonyl (C=S) groups is 1. The van der Waals surface area contributed by atoms with E-state index >= 15 is 0 Å². The van der Waals surface area contributed by atoms with E-state index in [1.54, 1.807) is 18.3 Å². The fourth-order valence-corrected chi connectivity index (χ4v) is 4.92. The van der Waals surface area contributed by atoms with Gasteiger partial charge in [0.2, 0.25) is 6.79 Å². The van der Waals surface area contributed by atoms with Crippen LogP contribution in [0.3, 0.4) is 0 Å². The maximum Gasteiger partial charge on any atom is 0.231 e. The van der Waals surface area contributed by atoms with Crippen LogP contribution in [0.1, 0.15) is 23.5 Å². The van der Waals surface area contributed by atoms with Crippen LogP contribution in [0.5, 0.6) is 11.5 Å². The van der Waals surface area contributed by atoms with Gasteiger partial charge in [-0.3, -0.25) is 4.98 Å². The minimum Gasteiger partial charge on any atom is -0.459 e. The minimum absolute atomic E-state index is 0.201. The van der Waals surface area contributed by atoms with Crippen LogP contribution in [0.4, 0.5) is 5.69 Å². The van der Waals surface area contributed by atoms with E-state index in [1.807, 2.05) is 59.5 Å². The summed E-state index contributed by atoms with van der Waals surface area (Å²) in [6, 6.07) is 20.3. The molecule has 0 amide bonds. The van der Waals surface area contributed by atoms with Gasteiger partial charge in [0, 0.05) is 23.5 Å². The molecule has 2 aliphatic heterocycles. The van der Waals surface area contributed by atoms with Crippen molar-refractivity contribution in [3.05, 3.63) is 94.4 Å². The molecule has 6 rings (SSSR count). The molecule has 0 bridgehead atoms. The molecule has 34 heavy (non-hydrogen) atoms. The first-order valence-electron chi connectivity index (χ1n) is 10.5. The van der Waals surface area contributed by atoms with E-state index in [1.165, 1.54) is 0 Å². The molecule has 1 fully saturated rings. The Balaban J connectivity index is 1.44.